The molecule has 0 aliphatic carbocycles. The summed E-state index contributed by atoms with van der Waals surface area (Å²) in [6, 6.07) is 6.21. The minimum absolute atomic E-state index is 0.169. The van der Waals surface area contributed by atoms with E-state index in [0.717, 1.165) is 0 Å². The molecule has 1 aromatic carbocycles. The predicted molar refractivity (Wildman–Crippen MR) is 43.9 cm³/mol. The van der Waals surface area contributed by atoms with Crippen molar-refractivity contribution >= 4 is 6.21 Å². The third kappa shape index (κ3) is 2.16. The number of hydrogen-bond acceptors (Lipinski definition) is 3. The van der Waals surface area contributed by atoms with Crippen LogP contribution in [0.4, 0.5) is 0 Å². The van der Waals surface area contributed by atoms with E-state index in [-0.39, 0.29) is 5.75 Å². The molecule has 64 valence electrons. The van der Waals surface area contributed by atoms with E-state index in [4.69, 9.17) is 5.11 Å². The van der Waals surface area contributed by atoms with Crippen LogP contribution in [0.25, 0.3) is 0 Å². The van der Waals surface area contributed by atoms with Crippen LogP contribution in [-0.2, 0) is 4.84 Å². The maximum atomic E-state index is 10.6. The lowest BCUT2D eigenvalue weighted by atomic mass is 10.2. The van der Waals surface area contributed by atoms with Gasteiger partial charge in [-0.2, -0.15) is 0 Å². The maximum Gasteiger partial charge on any atom is 0.240 e. The highest BCUT2D eigenvalue weighted by Gasteiger charge is 1.94. The molecular formula is C8H9NO3. The van der Waals surface area contributed by atoms with Gasteiger partial charge in [-0.15, -0.1) is 0 Å². The third-order valence-corrected chi connectivity index (χ3v) is 1.33. The van der Waals surface area contributed by atoms with Crippen LogP contribution in [0, 0.1) is 5.21 Å². The normalized spacial score (nSPS) is 11.2. The molecule has 0 spiro atoms. The minimum Gasteiger partial charge on any atom is -0.508 e. The Morgan fingerprint density at radius 2 is 2.00 bits per heavy atom. The number of phenolic OH excluding ortho intramolecular Hbond substituents is 1. The number of rotatable bonds is 2. The van der Waals surface area contributed by atoms with Crippen LogP contribution < -0.4 is 0 Å². The Balaban J connectivity index is 2.84. The number of nitrogens with zero attached hydrogens (tertiary/aromatic N) is 1. The van der Waals surface area contributed by atoms with Gasteiger partial charge in [0.2, 0.25) is 6.21 Å². The van der Waals surface area contributed by atoms with E-state index in [1.54, 1.807) is 12.1 Å². The highest BCUT2D eigenvalue weighted by Crippen LogP contribution is 2.07. The van der Waals surface area contributed by atoms with Crippen molar-refractivity contribution in [2.24, 2.45) is 0 Å². The Labute approximate surface area is 69.9 Å². The molecule has 0 aliphatic heterocycles. The highest BCUT2D eigenvalue weighted by molar-refractivity contribution is 5.75. The van der Waals surface area contributed by atoms with E-state index in [9.17, 15) is 5.21 Å². The Morgan fingerprint density at radius 3 is 2.50 bits per heavy atom. The first-order valence-electron chi connectivity index (χ1n) is 3.37. The van der Waals surface area contributed by atoms with Crippen molar-refractivity contribution in [3.63, 3.8) is 0 Å². The van der Waals surface area contributed by atoms with Crippen molar-refractivity contribution in [1.82, 2.24) is 0 Å². The van der Waals surface area contributed by atoms with Crippen molar-refractivity contribution < 1.29 is 14.8 Å². The Morgan fingerprint density at radius 1 is 1.42 bits per heavy atom. The molecule has 1 aromatic rings. The molecular weight excluding hydrogens is 158 g/mol. The summed E-state index contributed by atoms with van der Waals surface area (Å²) in [4.78, 5) is 4.68. The van der Waals surface area contributed by atoms with Crippen molar-refractivity contribution in [1.29, 1.82) is 0 Å². The summed E-state index contributed by atoms with van der Waals surface area (Å²) < 4.78 is 0. The van der Waals surface area contributed by atoms with Crippen LogP contribution in [0.2, 0.25) is 0 Å². The zero-order chi connectivity index (χ0) is 8.97. The first-order valence-corrected chi connectivity index (χ1v) is 3.37. The Kier molecular flexibility index (Phi) is 2.53. The van der Waals surface area contributed by atoms with Crippen LogP contribution in [0.5, 0.6) is 5.75 Å². The van der Waals surface area contributed by atoms with Gasteiger partial charge in [0, 0.05) is 17.6 Å². The molecule has 0 saturated carbocycles. The van der Waals surface area contributed by atoms with Crippen molar-refractivity contribution in [2.75, 3.05) is 7.11 Å². The number of aromatic hydroxyl groups is 1. The fraction of sp³-hybridized carbons (Fsp3) is 0.125. The predicted octanol–water partition coefficient (Wildman–Crippen LogP) is 0.883. The van der Waals surface area contributed by atoms with E-state index in [1.165, 1.54) is 25.5 Å². The van der Waals surface area contributed by atoms with Gasteiger partial charge in [-0.25, -0.2) is 0 Å². The van der Waals surface area contributed by atoms with Crippen molar-refractivity contribution in [3.05, 3.63) is 35.0 Å². The second-order valence-corrected chi connectivity index (χ2v) is 2.19. The fourth-order valence-electron chi connectivity index (χ4n) is 0.735. The lowest BCUT2D eigenvalue weighted by Crippen LogP contribution is -2.02. The van der Waals surface area contributed by atoms with Gasteiger partial charge in [0.1, 0.15) is 5.75 Å². The Bertz CT molecular complexity index is 279. The van der Waals surface area contributed by atoms with E-state index in [0.29, 0.717) is 10.5 Å². The molecule has 0 unspecified atom stereocenters. The molecule has 4 heteroatoms. The van der Waals surface area contributed by atoms with Crippen LogP contribution in [0.3, 0.4) is 0 Å². The van der Waals surface area contributed by atoms with Crippen molar-refractivity contribution in [3.8, 4) is 5.75 Å². The van der Waals surface area contributed by atoms with Gasteiger partial charge in [-0.1, -0.05) is 0 Å². The SMILES string of the molecule is CO/[N+]([O-])=C/c1ccc(O)cc1. The Hall–Kier alpha value is -1.71. The van der Waals surface area contributed by atoms with E-state index < -0.39 is 0 Å². The lowest BCUT2D eigenvalue weighted by molar-refractivity contribution is -0.729. The fourth-order valence-corrected chi connectivity index (χ4v) is 0.735. The molecule has 0 aliphatic rings. The second kappa shape index (κ2) is 3.61. The molecule has 0 amide bonds. The summed E-state index contributed by atoms with van der Waals surface area (Å²) >= 11 is 0. The molecule has 4 nitrogen and oxygen atoms in total. The number of phenols is 1. The molecule has 0 fully saturated rings. The summed E-state index contributed by atoms with van der Waals surface area (Å²) in [5.41, 5.74) is 0.671. The molecule has 1 rings (SSSR count). The largest absolute Gasteiger partial charge is 0.508 e. The van der Waals surface area contributed by atoms with Crippen LogP contribution >= 0.6 is 0 Å². The molecule has 0 saturated heterocycles. The van der Waals surface area contributed by atoms with Gasteiger partial charge >= 0.3 is 0 Å². The summed E-state index contributed by atoms with van der Waals surface area (Å²) in [5, 5.41) is 19.6. The second-order valence-electron chi connectivity index (χ2n) is 2.19. The van der Waals surface area contributed by atoms with E-state index >= 15 is 0 Å². The van der Waals surface area contributed by atoms with Gasteiger partial charge in [0.15, 0.2) is 0 Å². The quantitative estimate of drug-likeness (QED) is 0.404. The van der Waals surface area contributed by atoms with Gasteiger partial charge in [0.25, 0.3) is 0 Å². The van der Waals surface area contributed by atoms with E-state index in [2.05, 4.69) is 4.84 Å². The molecule has 12 heavy (non-hydrogen) atoms. The van der Waals surface area contributed by atoms with Gasteiger partial charge < -0.3 is 9.94 Å². The molecule has 0 heterocycles. The van der Waals surface area contributed by atoms with Crippen molar-refractivity contribution in [2.45, 2.75) is 0 Å². The topological polar surface area (TPSA) is 55.5 Å². The monoisotopic (exact) mass is 167 g/mol. The molecule has 0 bridgehead atoms. The first kappa shape index (κ1) is 8.39. The first-order chi connectivity index (χ1) is 5.72. The summed E-state index contributed by atoms with van der Waals surface area (Å²) in [5.74, 6) is 0.169. The zero-order valence-corrected chi connectivity index (χ0v) is 6.60. The minimum atomic E-state index is 0.169. The summed E-state index contributed by atoms with van der Waals surface area (Å²) in [7, 11) is 1.28. The van der Waals surface area contributed by atoms with E-state index in [1.807, 2.05) is 0 Å². The summed E-state index contributed by atoms with van der Waals surface area (Å²) in [6.07, 6.45) is 1.26. The standard InChI is InChI=1S/C8H9NO3/c1-12-9(11)6-7-2-4-8(10)5-3-7/h2-6,10H,1H3/b9-6+. The number of hydrogen-bond donors (Lipinski definition) is 1. The highest BCUT2D eigenvalue weighted by atomic mass is 16.8. The molecule has 1 N–H and O–H groups in total. The lowest BCUT2D eigenvalue weighted by Gasteiger charge is -1.96. The van der Waals surface area contributed by atoms with Gasteiger partial charge in [-0.3, -0.25) is 5.21 Å². The third-order valence-electron chi connectivity index (χ3n) is 1.33. The maximum absolute atomic E-state index is 10.6. The van der Waals surface area contributed by atoms with Gasteiger partial charge in [0.05, 0.1) is 0 Å². The zero-order valence-electron chi connectivity index (χ0n) is 6.60. The smallest absolute Gasteiger partial charge is 0.240 e. The number of benzene rings is 1. The van der Waals surface area contributed by atoms with Gasteiger partial charge in [-0.05, 0) is 24.3 Å². The molecule has 0 aromatic heterocycles. The van der Waals surface area contributed by atoms with Crippen LogP contribution in [0.15, 0.2) is 24.3 Å². The summed E-state index contributed by atoms with van der Waals surface area (Å²) in [6.45, 7) is 0. The average Bonchev–Trinajstić information content (AvgIpc) is 2.09. The van der Waals surface area contributed by atoms with Crippen LogP contribution in [-0.4, -0.2) is 23.3 Å². The molecule has 0 atom stereocenters. The molecule has 0 radical (unpaired) electrons. The average molecular weight is 167 g/mol. The van der Waals surface area contributed by atoms with Crippen LogP contribution in [0.1, 0.15) is 5.56 Å².